The highest BCUT2D eigenvalue weighted by Gasteiger charge is 1.91. The Balaban J connectivity index is 0.000000200. The molecular weight excluding hydrogens is 365 g/mol. The number of rotatable bonds is 4. The molecule has 0 saturated carbocycles. The van der Waals surface area contributed by atoms with Gasteiger partial charge in [0.1, 0.15) is 0 Å². The maximum Gasteiger partial charge on any atom is 0.0743 e. The van der Waals surface area contributed by atoms with Gasteiger partial charge in [-0.1, -0.05) is 42.5 Å². The third kappa shape index (κ3) is 6.68. The van der Waals surface area contributed by atoms with Crippen molar-refractivity contribution in [2.24, 2.45) is 0 Å². The molecule has 0 aliphatic heterocycles. The summed E-state index contributed by atoms with van der Waals surface area (Å²) in [5, 5.41) is 10.2. The Morgan fingerprint density at radius 3 is 2.30 bits per heavy atom. The fraction of sp³-hybridized carbons (Fsp3) is 0.188. The van der Waals surface area contributed by atoms with Crippen LogP contribution in [0.15, 0.2) is 54.6 Å². The Kier molecular flexibility index (Phi) is 7.91. The first-order chi connectivity index (χ1) is 9.63. The lowest BCUT2D eigenvalue weighted by Gasteiger charge is -2.00. The lowest BCUT2D eigenvalue weighted by Crippen LogP contribution is -2.50. The van der Waals surface area contributed by atoms with Crippen LogP contribution in [0.3, 0.4) is 0 Å². The van der Waals surface area contributed by atoms with Gasteiger partial charge < -0.3 is 15.6 Å². The molecule has 3 nitrogen and oxygen atoms in total. The minimum absolute atomic E-state index is 0.229. The van der Waals surface area contributed by atoms with E-state index in [2.05, 4.69) is 30.0 Å². The van der Waals surface area contributed by atoms with Gasteiger partial charge in [-0.05, 0) is 52.3 Å². The number of benzene rings is 2. The van der Waals surface area contributed by atoms with Crippen molar-refractivity contribution in [1.82, 2.24) is 0 Å². The first-order valence-corrected chi connectivity index (χ1v) is 7.51. The molecule has 20 heavy (non-hydrogen) atoms. The average molecular weight is 383 g/mol. The van der Waals surface area contributed by atoms with Crippen molar-refractivity contribution < 1.29 is 15.6 Å². The predicted octanol–water partition coefficient (Wildman–Crippen LogP) is 1.52. The SMILES string of the molecule is O=C([O-])c1cccc(I)c1.[NH3+]CCCc1ccccc1. The van der Waals surface area contributed by atoms with Gasteiger partial charge in [-0.15, -0.1) is 0 Å². The molecule has 0 bridgehead atoms. The first-order valence-electron chi connectivity index (χ1n) is 6.43. The molecule has 2 aromatic carbocycles. The maximum atomic E-state index is 10.2. The monoisotopic (exact) mass is 383 g/mol. The zero-order chi connectivity index (χ0) is 14.8. The molecule has 0 fully saturated rings. The van der Waals surface area contributed by atoms with E-state index in [9.17, 15) is 9.90 Å². The molecule has 0 aliphatic rings. The highest BCUT2D eigenvalue weighted by molar-refractivity contribution is 14.1. The molecule has 4 heteroatoms. The Bertz CT molecular complexity index is 529. The van der Waals surface area contributed by atoms with E-state index in [0.29, 0.717) is 0 Å². The molecule has 0 unspecified atom stereocenters. The number of hydrogen-bond donors (Lipinski definition) is 1. The number of aromatic carboxylic acids is 1. The molecular formula is C16H18INO2. The van der Waals surface area contributed by atoms with Crippen molar-refractivity contribution in [2.45, 2.75) is 12.8 Å². The first kappa shape index (κ1) is 16.7. The molecule has 0 saturated heterocycles. The Morgan fingerprint density at radius 1 is 1.10 bits per heavy atom. The number of quaternary nitrogens is 1. The molecule has 2 rings (SSSR count). The number of carboxylic acid groups (broad SMARTS) is 1. The normalized spacial score (nSPS) is 9.50. The van der Waals surface area contributed by atoms with Gasteiger partial charge in [0.2, 0.25) is 0 Å². The quantitative estimate of drug-likeness (QED) is 0.814. The summed E-state index contributed by atoms with van der Waals surface area (Å²) in [4.78, 5) is 10.2. The molecule has 0 spiro atoms. The van der Waals surface area contributed by atoms with Crippen molar-refractivity contribution in [3.63, 3.8) is 0 Å². The summed E-state index contributed by atoms with van der Waals surface area (Å²) in [5.41, 5.74) is 5.45. The summed E-state index contributed by atoms with van der Waals surface area (Å²) in [6.07, 6.45) is 2.37. The Hall–Kier alpha value is -1.40. The largest absolute Gasteiger partial charge is 0.545 e. The molecule has 0 radical (unpaired) electrons. The van der Waals surface area contributed by atoms with Crippen LogP contribution < -0.4 is 10.8 Å². The smallest absolute Gasteiger partial charge is 0.0743 e. The molecule has 3 N–H and O–H groups in total. The van der Waals surface area contributed by atoms with Crippen LogP contribution in [0.25, 0.3) is 0 Å². The van der Waals surface area contributed by atoms with E-state index in [0.717, 1.165) is 10.1 Å². The highest BCUT2D eigenvalue weighted by Crippen LogP contribution is 2.06. The summed E-state index contributed by atoms with van der Waals surface area (Å²) >= 11 is 2.05. The third-order valence-electron chi connectivity index (χ3n) is 2.62. The fourth-order valence-electron chi connectivity index (χ4n) is 1.59. The molecule has 106 valence electrons. The van der Waals surface area contributed by atoms with Gasteiger partial charge in [0.25, 0.3) is 0 Å². The zero-order valence-corrected chi connectivity index (χ0v) is 13.4. The van der Waals surface area contributed by atoms with E-state index in [4.69, 9.17) is 0 Å². The average Bonchev–Trinajstić information content (AvgIpc) is 2.47. The van der Waals surface area contributed by atoms with Gasteiger partial charge in [-0.2, -0.15) is 0 Å². The standard InChI is InChI=1S/C9H13N.C7H5IO2/c10-8-4-7-9-5-2-1-3-6-9;8-6-3-1-2-5(4-6)7(9)10/h1-3,5-6H,4,7-8,10H2;1-4H,(H,9,10). The van der Waals surface area contributed by atoms with Crippen molar-refractivity contribution in [2.75, 3.05) is 6.54 Å². The van der Waals surface area contributed by atoms with Crippen LogP contribution in [0.5, 0.6) is 0 Å². The van der Waals surface area contributed by atoms with E-state index in [1.165, 1.54) is 24.5 Å². The summed E-state index contributed by atoms with van der Waals surface area (Å²) in [6, 6.07) is 17.1. The van der Waals surface area contributed by atoms with Crippen LogP contribution in [0, 0.1) is 3.57 Å². The van der Waals surface area contributed by atoms with Crippen molar-refractivity contribution in [1.29, 1.82) is 0 Å². The fourth-order valence-corrected chi connectivity index (χ4v) is 2.13. The second kappa shape index (κ2) is 9.50. The van der Waals surface area contributed by atoms with Gasteiger partial charge in [-0.25, -0.2) is 0 Å². The zero-order valence-electron chi connectivity index (χ0n) is 11.2. The molecule has 0 heterocycles. The molecule has 0 amide bonds. The lowest BCUT2D eigenvalue weighted by atomic mass is 10.1. The van der Waals surface area contributed by atoms with Crippen LogP contribution >= 0.6 is 22.6 Å². The lowest BCUT2D eigenvalue weighted by molar-refractivity contribution is -0.368. The number of carbonyl (C=O) groups is 1. The molecule has 0 atom stereocenters. The number of halogens is 1. The molecule has 2 aromatic rings. The van der Waals surface area contributed by atoms with Gasteiger partial charge >= 0.3 is 0 Å². The van der Waals surface area contributed by atoms with Gasteiger partial charge in [0, 0.05) is 9.99 Å². The van der Waals surface area contributed by atoms with Gasteiger partial charge in [-0.3, -0.25) is 0 Å². The van der Waals surface area contributed by atoms with E-state index >= 15 is 0 Å². The second-order valence-electron chi connectivity index (χ2n) is 4.24. The van der Waals surface area contributed by atoms with Crippen LogP contribution in [0.1, 0.15) is 22.3 Å². The van der Waals surface area contributed by atoms with Crippen molar-refractivity contribution in [3.05, 3.63) is 69.3 Å². The van der Waals surface area contributed by atoms with E-state index in [1.807, 2.05) is 34.7 Å². The Labute approximate surface area is 133 Å². The topological polar surface area (TPSA) is 67.8 Å². The number of carboxylic acids is 1. The van der Waals surface area contributed by atoms with Crippen LogP contribution in [0.2, 0.25) is 0 Å². The second-order valence-corrected chi connectivity index (χ2v) is 5.49. The summed E-state index contributed by atoms with van der Waals surface area (Å²) in [6.45, 7) is 1.04. The summed E-state index contributed by atoms with van der Waals surface area (Å²) in [7, 11) is 0. The van der Waals surface area contributed by atoms with Gasteiger partial charge in [0.15, 0.2) is 0 Å². The number of hydrogen-bond acceptors (Lipinski definition) is 2. The van der Waals surface area contributed by atoms with Crippen LogP contribution in [-0.4, -0.2) is 12.5 Å². The minimum Gasteiger partial charge on any atom is -0.545 e. The van der Waals surface area contributed by atoms with Crippen LogP contribution in [0.4, 0.5) is 0 Å². The minimum atomic E-state index is -1.13. The molecule has 0 aromatic heterocycles. The highest BCUT2D eigenvalue weighted by atomic mass is 127. The summed E-state index contributed by atoms with van der Waals surface area (Å²) < 4.78 is 0.902. The van der Waals surface area contributed by atoms with E-state index < -0.39 is 5.97 Å². The van der Waals surface area contributed by atoms with E-state index in [-0.39, 0.29) is 5.56 Å². The summed E-state index contributed by atoms with van der Waals surface area (Å²) in [5.74, 6) is -1.13. The van der Waals surface area contributed by atoms with Gasteiger partial charge in [0.05, 0.1) is 12.5 Å². The maximum absolute atomic E-state index is 10.2. The number of carbonyl (C=O) groups excluding carboxylic acids is 1. The van der Waals surface area contributed by atoms with E-state index in [1.54, 1.807) is 12.1 Å². The van der Waals surface area contributed by atoms with Crippen molar-refractivity contribution in [3.8, 4) is 0 Å². The predicted molar refractivity (Wildman–Crippen MR) is 86.0 cm³/mol. The molecule has 0 aliphatic carbocycles. The van der Waals surface area contributed by atoms with Crippen molar-refractivity contribution >= 4 is 28.6 Å². The Morgan fingerprint density at radius 2 is 1.80 bits per heavy atom. The third-order valence-corrected chi connectivity index (χ3v) is 3.29. The number of aryl methyl sites for hydroxylation is 1. The van der Waals surface area contributed by atoms with Crippen LogP contribution in [-0.2, 0) is 6.42 Å².